The Hall–Kier alpha value is -2.13. The first-order valence-corrected chi connectivity index (χ1v) is 7.28. The summed E-state index contributed by atoms with van der Waals surface area (Å²) < 4.78 is 0. The van der Waals surface area contributed by atoms with Crippen molar-refractivity contribution >= 4 is 11.6 Å². The van der Waals surface area contributed by atoms with Crippen LogP contribution in [-0.2, 0) is 4.79 Å². The van der Waals surface area contributed by atoms with E-state index in [1.54, 1.807) is 4.90 Å². The Labute approximate surface area is 126 Å². The smallest absolute Gasteiger partial charge is 0.227 e. The number of anilines is 1. The predicted molar refractivity (Wildman–Crippen MR) is 87.3 cm³/mol. The summed E-state index contributed by atoms with van der Waals surface area (Å²) in [6.07, 6.45) is 0.489. The fourth-order valence-corrected chi connectivity index (χ4v) is 2.22. The third-order valence-electron chi connectivity index (χ3n) is 3.61. The number of benzene rings is 2. The summed E-state index contributed by atoms with van der Waals surface area (Å²) in [5.74, 6) is 0.119. The van der Waals surface area contributed by atoms with Gasteiger partial charge in [-0.2, -0.15) is 0 Å². The molecule has 0 aliphatic heterocycles. The number of amides is 1. The van der Waals surface area contributed by atoms with E-state index in [9.17, 15) is 4.79 Å². The molecule has 0 saturated carbocycles. The van der Waals surface area contributed by atoms with Gasteiger partial charge in [-0.1, -0.05) is 48.5 Å². The molecule has 0 saturated heterocycles. The molecular formula is C18H22N2O. The first-order chi connectivity index (χ1) is 10.2. The van der Waals surface area contributed by atoms with Crippen LogP contribution in [0.4, 0.5) is 5.69 Å². The standard InChI is InChI=1S/C18H22N2O/c1-15(16-9-5-3-6-10-16)19-14-13-18(21)20(2)17-11-7-4-8-12-17/h3-12,15,19H,13-14H2,1-2H3. The van der Waals surface area contributed by atoms with E-state index in [1.807, 2.05) is 55.6 Å². The number of carbonyl (C=O) groups excluding carboxylic acids is 1. The minimum absolute atomic E-state index is 0.119. The Kier molecular flexibility index (Phi) is 5.52. The zero-order valence-corrected chi connectivity index (χ0v) is 12.6. The monoisotopic (exact) mass is 282 g/mol. The number of hydrogen-bond acceptors (Lipinski definition) is 2. The van der Waals surface area contributed by atoms with Crippen LogP contribution < -0.4 is 10.2 Å². The second-order valence-electron chi connectivity index (χ2n) is 5.12. The summed E-state index contributed by atoms with van der Waals surface area (Å²) in [6, 6.07) is 20.2. The number of nitrogens with one attached hydrogen (secondary N) is 1. The molecule has 1 amide bonds. The van der Waals surface area contributed by atoms with Crippen molar-refractivity contribution in [3.63, 3.8) is 0 Å². The van der Waals surface area contributed by atoms with Crippen LogP contribution in [0.1, 0.15) is 24.9 Å². The highest BCUT2D eigenvalue weighted by atomic mass is 16.2. The van der Waals surface area contributed by atoms with E-state index in [4.69, 9.17) is 0 Å². The van der Waals surface area contributed by atoms with E-state index in [-0.39, 0.29) is 11.9 Å². The summed E-state index contributed by atoms with van der Waals surface area (Å²) in [6.45, 7) is 2.78. The fourth-order valence-electron chi connectivity index (χ4n) is 2.22. The molecular weight excluding hydrogens is 260 g/mol. The molecule has 2 aromatic carbocycles. The molecule has 1 unspecified atom stereocenters. The van der Waals surface area contributed by atoms with Crippen molar-refractivity contribution in [2.75, 3.05) is 18.5 Å². The van der Waals surface area contributed by atoms with Crippen LogP contribution in [0.15, 0.2) is 60.7 Å². The maximum absolute atomic E-state index is 12.1. The van der Waals surface area contributed by atoms with Gasteiger partial charge in [-0.05, 0) is 24.6 Å². The van der Waals surface area contributed by atoms with Crippen molar-refractivity contribution in [1.82, 2.24) is 5.32 Å². The summed E-state index contributed by atoms with van der Waals surface area (Å²) in [5.41, 5.74) is 2.17. The molecule has 0 aromatic heterocycles. The highest BCUT2D eigenvalue weighted by Gasteiger charge is 2.11. The van der Waals surface area contributed by atoms with Crippen molar-refractivity contribution in [3.05, 3.63) is 66.2 Å². The SMILES string of the molecule is CC(NCCC(=O)N(C)c1ccccc1)c1ccccc1. The van der Waals surface area contributed by atoms with Gasteiger partial charge < -0.3 is 10.2 Å². The normalized spacial score (nSPS) is 11.9. The molecule has 0 radical (unpaired) electrons. The third-order valence-corrected chi connectivity index (χ3v) is 3.61. The molecule has 1 N–H and O–H groups in total. The number of carbonyl (C=O) groups is 1. The Bertz CT molecular complexity index is 554. The third kappa shape index (κ3) is 4.43. The molecule has 0 aliphatic rings. The highest BCUT2D eigenvalue weighted by Crippen LogP contribution is 2.13. The van der Waals surface area contributed by atoms with Crippen LogP contribution in [0, 0.1) is 0 Å². The molecule has 1 atom stereocenters. The summed E-state index contributed by atoms with van der Waals surface area (Å²) in [7, 11) is 1.82. The number of hydrogen-bond donors (Lipinski definition) is 1. The van der Waals surface area contributed by atoms with Crippen molar-refractivity contribution in [2.24, 2.45) is 0 Å². The predicted octanol–water partition coefficient (Wildman–Crippen LogP) is 3.39. The molecule has 0 spiro atoms. The van der Waals surface area contributed by atoms with Gasteiger partial charge in [0.15, 0.2) is 0 Å². The minimum atomic E-state index is 0.119. The minimum Gasteiger partial charge on any atom is -0.315 e. The maximum Gasteiger partial charge on any atom is 0.227 e. The molecule has 3 nitrogen and oxygen atoms in total. The maximum atomic E-state index is 12.1. The topological polar surface area (TPSA) is 32.3 Å². The molecule has 3 heteroatoms. The van der Waals surface area contributed by atoms with Gasteiger partial charge in [0.2, 0.25) is 5.91 Å². The molecule has 21 heavy (non-hydrogen) atoms. The van der Waals surface area contributed by atoms with Gasteiger partial charge in [0.25, 0.3) is 0 Å². The van der Waals surface area contributed by atoms with Gasteiger partial charge in [-0.15, -0.1) is 0 Å². The van der Waals surface area contributed by atoms with Crippen LogP contribution in [-0.4, -0.2) is 19.5 Å². The number of rotatable bonds is 6. The second kappa shape index (κ2) is 7.60. The second-order valence-corrected chi connectivity index (χ2v) is 5.12. The van der Waals surface area contributed by atoms with E-state index >= 15 is 0 Å². The molecule has 0 aliphatic carbocycles. The molecule has 0 heterocycles. The zero-order chi connectivity index (χ0) is 15.1. The van der Waals surface area contributed by atoms with Gasteiger partial charge in [0, 0.05) is 31.7 Å². The molecule has 0 bridgehead atoms. The Morgan fingerprint density at radius 2 is 1.62 bits per heavy atom. The lowest BCUT2D eigenvalue weighted by molar-refractivity contribution is -0.118. The van der Waals surface area contributed by atoms with E-state index in [0.29, 0.717) is 13.0 Å². The van der Waals surface area contributed by atoms with Crippen LogP contribution in [0.3, 0.4) is 0 Å². The fraction of sp³-hybridized carbons (Fsp3) is 0.278. The van der Waals surface area contributed by atoms with Crippen LogP contribution in [0.25, 0.3) is 0 Å². The molecule has 2 rings (SSSR count). The molecule has 0 fully saturated rings. The lowest BCUT2D eigenvalue weighted by atomic mass is 10.1. The Morgan fingerprint density at radius 3 is 2.24 bits per heavy atom. The lowest BCUT2D eigenvalue weighted by Crippen LogP contribution is -2.30. The summed E-state index contributed by atoms with van der Waals surface area (Å²) >= 11 is 0. The van der Waals surface area contributed by atoms with Crippen LogP contribution in [0.2, 0.25) is 0 Å². The van der Waals surface area contributed by atoms with Gasteiger partial charge in [-0.3, -0.25) is 4.79 Å². The van der Waals surface area contributed by atoms with Crippen molar-refractivity contribution in [1.29, 1.82) is 0 Å². The van der Waals surface area contributed by atoms with Crippen LogP contribution in [0.5, 0.6) is 0 Å². The van der Waals surface area contributed by atoms with E-state index in [2.05, 4.69) is 24.4 Å². The van der Waals surface area contributed by atoms with Crippen molar-refractivity contribution in [2.45, 2.75) is 19.4 Å². The van der Waals surface area contributed by atoms with Gasteiger partial charge in [0.1, 0.15) is 0 Å². The number of nitrogens with zero attached hydrogens (tertiary/aromatic N) is 1. The van der Waals surface area contributed by atoms with Crippen molar-refractivity contribution in [3.8, 4) is 0 Å². The van der Waals surface area contributed by atoms with Crippen molar-refractivity contribution < 1.29 is 4.79 Å². The van der Waals surface area contributed by atoms with Crippen LogP contribution >= 0.6 is 0 Å². The van der Waals surface area contributed by atoms with Gasteiger partial charge in [-0.25, -0.2) is 0 Å². The Balaban J connectivity index is 1.79. The Morgan fingerprint density at radius 1 is 1.05 bits per heavy atom. The highest BCUT2D eigenvalue weighted by molar-refractivity contribution is 5.92. The zero-order valence-electron chi connectivity index (χ0n) is 12.6. The van der Waals surface area contributed by atoms with E-state index < -0.39 is 0 Å². The summed E-state index contributed by atoms with van der Waals surface area (Å²) in [4.78, 5) is 13.9. The first-order valence-electron chi connectivity index (χ1n) is 7.28. The first kappa shape index (κ1) is 15.3. The average Bonchev–Trinajstić information content (AvgIpc) is 2.55. The quantitative estimate of drug-likeness (QED) is 0.881. The molecule has 110 valence electrons. The lowest BCUT2D eigenvalue weighted by Gasteiger charge is -2.19. The summed E-state index contributed by atoms with van der Waals surface area (Å²) in [5, 5.41) is 3.39. The van der Waals surface area contributed by atoms with E-state index in [1.165, 1.54) is 5.56 Å². The van der Waals surface area contributed by atoms with E-state index in [0.717, 1.165) is 5.69 Å². The largest absolute Gasteiger partial charge is 0.315 e. The van der Waals surface area contributed by atoms with Gasteiger partial charge >= 0.3 is 0 Å². The van der Waals surface area contributed by atoms with Gasteiger partial charge in [0.05, 0.1) is 0 Å². The average molecular weight is 282 g/mol. The molecule has 2 aromatic rings. The number of para-hydroxylation sites is 1.